The minimum absolute atomic E-state index is 0.220. The zero-order valence-electron chi connectivity index (χ0n) is 16.0. The maximum Gasteiger partial charge on any atom is 0.140 e. The van der Waals surface area contributed by atoms with Gasteiger partial charge in [0.1, 0.15) is 27.8 Å². The molecule has 1 aromatic carbocycles. The lowest BCUT2D eigenvalue weighted by Gasteiger charge is -2.35. The summed E-state index contributed by atoms with van der Waals surface area (Å²) in [6.07, 6.45) is 1.67. The summed E-state index contributed by atoms with van der Waals surface area (Å²) in [4.78, 5) is 20.8. The van der Waals surface area contributed by atoms with Gasteiger partial charge in [0, 0.05) is 48.5 Å². The third-order valence-corrected chi connectivity index (χ3v) is 7.03. The number of piperazine rings is 1. The van der Waals surface area contributed by atoms with Gasteiger partial charge >= 0.3 is 0 Å². The van der Waals surface area contributed by atoms with Crippen molar-refractivity contribution in [2.45, 2.75) is 13.5 Å². The highest BCUT2D eigenvalue weighted by molar-refractivity contribution is 7.18. The van der Waals surface area contributed by atoms with Crippen molar-refractivity contribution in [2.75, 3.05) is 31.1 Å². The van der Waals surface area contributed by atoms with Crippen molar-refractivity contribution in [2.24, 2.45) is 0 Å². The van der Waals surface area contributed by atoms with Gasteiger partial charge in [0.05, 0.1) is 11.1 Å². The number of anilines is 1. The van der Waals surface area contributed by atoms with Gasteiger partial charge in [0.2, 0.25) is 0 Å². The number of hydrogen-bond acceptors (Lipinski definition) is 7. The lowest BCUT2D eigenvalue weighted by Crippen LogP contribution is -2.46. The topological polar surface area (TPSA) is 45.2 Å². The van der Waals surface area contributed by atoms with Gasteiger partial charge in [-0.1, -0.05) is 0 Å². The first-order chi connectivity index (χ1) is 14.2. The summed E-state index contributed by atoms with van der Waals surface area (Å²) in [6, 6.07) is 8.72. The fourth-order valence-electron chi connectivity index (χ4n) is 3.67. The van der Waals surface area contributed by atoms with E-state index in [1.165, 1.54) is 17.0 Å². The maximum atomic E-state index is 13.1. The summed E-state index contributed by atoms with van der Waals surface area (Å²) in [7, 11) is 0. The van der Waals surface area contributed by atoms with E-state index in [4.69, 9.17) is 4.98 Å². The average molecular weight is 426 g/mol. The van der Waals surface area contributed by atoms with Crippen LogP contribution in [-0.2, 0) is 6.54 Å². The van der Waals surface area contributed by atoms with Crippen molar-refractivity contribution in [1.82, 2.24) is 19.9 Å². The van der Waals surface area contributed by atoms with E-state index in [1.54, 1.807) is 41.1 Å². The molecule has 0 atom stereocenters. The minimum Gasteiger partial charge on any atom is -0.353 e. The van der Waals surface area contributed by atoms with E-state index in [2.05, 4.69) is 38.1 Å². The maximum absolute atomic E-state index is 13.1. The number of aromatic nitrogens is 3. The normalized spacial score (nSPS) is 15.3. The lowest BCUT2D eigenvalue weighted by molar-refractivity contribution is 0.247. The Morgan fingerprint density at radius 2 is 1.86 bits per heavy atom. The molecule has 0 spiro atoms. The number of benzene rings is 1. The molecule has 148 valence electrons. The molecule has 8 heteroatoms. The number of aryl methyl sites for hydroxylation is 1. The first-order valence-corrected chi connectivity index (χ1v) is 11.2. The predicted molar refractivity (Wildman–Crippen MR) is 117 cm³/mol. The zero-order chi connectivity index (χ0) is 19.8. The number of thiazole rings is 1. The fourth-order valence-corrected chi connectivity index (χ4v) is 5.33. The summed E-state index contributed by atoms with van der Waals surface area (Å²) < 4.78 is 13.1. The second-order valence-electron chi connectivity index (χ2n) is 7.19. The van der Waals surface area contributed by atoms with Crippen LogP contribution >= 0.6 is 22.7 Å². The Hall–Kier alpha value is -2.42. The molecule has 1 fully saturated rings. The van der Waals surface area contributed by atoms with Crippen molar-refractivity contribution in [3.8, 4) is 10.6 Å². The lowest BCUT2D eigenvalue weighted by atomic mass is 10.2. The molecule has 4 aromatic rings. The molecule has 1 aliphatic heterocycles. The quantitative estimate of drug-likeness (QED) is 0.479. The Bertz CT molecular complexity index is 1130. The Morgan fingerprint density at radius 3 is 2.66 bits per heavy atom. The van der Waals surface area contributed by atoms with E-state index in [9.17, 15) is 4.39 Å². The highest BCUT2D eigenvalue weighted by Gasteiger charge is 2.21. The molecule has 29 heavy (non-hydrogen) atoms. The highest BCUT2D eigenvalue weighted by atomic mass is 32.1. The summed E-state index contributed by atoms with van der Waals surface area (Å²) >= 11 is 3.33. The first-order valence-electron chi connectivity index (χ1n) is 9.54. The summed E-state index contributed by atoms with van der Waals surface area (Å²) in [5.74, 6) is 0.827. The van der Waals surface area contributed by atoms with Crippen LogP contribution in [0.15, 0.2) is 42.0 Å². The summed E-state index contributed by atoms with van der Waals surface area (Å²) in [5.41, 5.74) is 2.03. The monoisotopic (exact) mass is 425 g/mol. The number of fused-ring (bicyclic) bond motifs is 1. The van der Waals surface area contributed by atoms with E-state index in [-0.39, 0.29) is 5.82 Å². The number of thiophene rings is 1. The van der Waals surface area contributed by atoms with Crippen LogP contribution in [0.2, 0.25) is 0 Å². The molecule has 1 aliphatic rings. The molecular weight excluding hydrogens is 405 g/mol. The number of halogens is 1. The number of nitrogens with zero attached hydrogens (tertiary/aromatic N) is 5. The molecular formula is C21H20FN5S2. The van der Waals surface area contributed by atoms with Gasteiger partial charge in [-0.2, -0.15) is 0 Å². The molecule has 3 aromatic heterocycles. The van der Waals surface area contributed by atoms with Gasteiger partial charge in [-0.25, -0.2) is 19.3 Å². The van der Waals surface area contributed by atoms with Gasteiger partial charge in [-0.15, -0.1) is 22.7 Å². The van der Waals surface area contributed by atoms with E-state index in [1.807, 2.05) is 0 Å². The van der Waals surface area contributed by atoms with Crippen LogP contribution in [0.5, 0.6) is 0 Å². The van der Waals surface area contributed by atoms with Gasteiger partial charge < -0.3 is 4.90 Å². The van der Waals surface area contributed by atoms with Gasteiger partial charge in [-0.05, 0) is 37.3 Å². The minimum atomic E-state index is -0.220. The fraction of sp³-hybridized carbons (Fsp3) is 0.286. The molecule has 0 amide bonds. The van der Waals surface area contributed by atoms with E-state index < -0.39 is 0 Å². The molecule has 0 radical (unpaired) electrons. The highest BCUT2D eigenvalue weighted by Crippen LogP contribution is 2.30. The van der Waals surface area contributed by atoms with Crippen molar-refractivity contribution in [3.05, 3.63) is 58.4 Å². The SMILES string of the molecule is Cc1cc2c(N3CCN(Cc4csc(-c5ccc(F)cc5)n4)CC3)ncnc2s1. The van der Waals surface area contributed by atoms with Crippen LogP contribution in [0.4, 0.5) is 10.2 Å². The standard InChI is InChI=1S/C21H20FN5S2/c1-14-10-18-19(23-13-24-21(18)29-14)27-8-6-26(7-9-27)11-17-12-28-20(25-17)15-2-4-16(22)5-3-15/h2-5,10,12-13H,6-9,11H2,1H3. The third kappa shape index (κ3) is 3.88. The van der Waals surface area contributed by atoms with E-state index in [0.717, 1.165) is 65.0 Å². The largest absolute Gasteiger partial charge is 0.353 e. The van der Waals surface area contributed by atoms with Gasteiger partial charge in [0.15, 0.2) is 0 Å². The van der Waals surface area contributed by atoms with Crippen LogP contribution in [0, 0.1) is 12.7 Å². The molecule has 0 N–H and O–H groups in total. The molecule has 1 saturated heterocycles. The van der Waals surface area contributed by atoms with Crippen molar-refractivity contribution in [3.63, 3.8) is 0 Å². The van der Waals surface area contributed by atoms with Crippen LogP contribution in [0.3, 0.4) is 0 Å². The molecule has 0 saturated carbocycles. The molecule has 5 rings (SSSR count). The van der Waals surface area contributed by atoms with Crippen molar-refractivity contribution >= 4 is 38.7 Å². The van der Waals surface area contributed by atoms with Gasteiger partial charge in [0.25, 0.3) is 0 Å². The Balaban J connectivity index is 1.24. The zero-order valence-corrected chi connectivity index (χ0v) is 17.6. The van der Waals surface area contributed by atoms with Crippen molar-refractivity contribution < 1.29 is 4.39 Å². The Labute approximate surface area is 176 Å². The molecule has 5 nitrogen and oxygen atoms in total. The second-order valence-corrected chi connectivity index (χ2v) is 9.28. The second kappa shape index (κ2) is 7.78. The number of rotatable bonds is 4. The van der Waals surface area contributed by atoms with Crippen molar-refractivity contribution in [1.29, 1.82) is 0 Å². The van der Waals surface area contributed by atoms with Gasteiger partial charge in [-0.3, -0.25) is 4.90 Å². The van der Waals surface area contributed by atoms with E-state index in [0.29, 0.717) is 0 Å². The van der Waals surface area contributed by atoms with Crippen LogP contribution in [0.1, 0.15) is 10.6 Å². The molecule has 0 aliphatic carbocycles. The molecule has 0 bridgehead atoms. The van der Waals surface area contributed by atoms with E-state index >= 15 is 0 Å². The molecule has 4 heterocycles. The third-order valence-electron chi connectivity index (χ3n) is 5.13. The summed E-state index contributed by atoms with van der Waals surface area (Å²) in [6.45, 7) is 6.77. The summed E-state index contributed by atoms with van der Waals surface area (Å²) in [5, 5.41) is 4.20. The first kappa shape index (κ1) is 18.6. The van der Waals surface area contributed by atoms with Crippen LogP contribution in [-0.4, -0.2) is 46.0 Å². The average Bonchev–Trinajstić information content (AvgIpc) is 3.34. The van der Waals surface area contributed by atoms with Crippen LogP contribution in [0.25, 0.3) is 20.8 Å². The van der Waals surface area contributed by atoms with Crippen LogP contribution < -0.4 is 4.90 Å². The Morgan fingerprint density at radius 1 is 1.07 bits per heavy atom. The predicted octanol–water partition coefficient (Wildman–Crippen LogP) is 4.58. The Kier molecular flexibility index (Phi) is 4.99. The molecule has 0 unspecified atom stereocenters. The smallest absolute Gasteiger partial charge is 0.140 e. The number of hydrogen-bond donors (Lipinski definition) is 0.